The molecule has 0 radical (unpaired) electrons. The molecule has 0 atom stereocenters. The summed E-state index contributed by atoms with van der Waals surface area (Å²) in [6.07, 6.45) is 4.11. The lowest BCUT2D eigenvalue weighted by molar-refractivity contribution is 0.102. The van der Waals surface area contributed by atoms with Crippen LogP contribution in [-0.4, -0.2) is 57.6 Å². The number of Topliss-reactive ketones (excluding diaryl/α,β-unsaturated/α-hetero) is 1. The second kappa shape index (κ2) is 7.01. The third-order valence-corrected chi connectivity index (χ3v) is 6.02. The molecule has 8 heteroatoms. The minimum atomic E-state index is 0.107. The SMILES string of the molecule is O=C(CSc1nnc(N2CCOCC2)n1C1CC1)c1c[nH]c2ccccc12. The van der Waals surface area contributed by atoms with Gasteiger partial charge in [-0.05, 0) is 18.9 Å². The maximum Gasteiger partial charge on any atom is 0.228 e. The van der Waals surface area contributed by atoms with Gasteiger partial charge in [0.05, 0.1) is 19.0 Å². The molecule has 27 heavy (non-hydrogen) atoms. The van der Waals surface area contributed by atoms with Crippen LogP contribution in [0.15, 0.2) is 35.6 Å². The van der Waals surface area contributed by atoms with E-state index in [2.05, 4.69) is 24.6 Å². The predicted octanol–water partition coefficient (Wildman–Crippen LogP) is 2.91. The van der Waals surface area contributed by atoms with E-state index in [0.29, 0.717) is 11.8 Å². The Kier molecular flexibility index (Phi) is 4.37. The average Bonchev–Trinajstić information content (AvgIpc) is 3.31. The maximum atomic E-state index is 12.8. The quantitative estimate of drug-likeness (QED) is 0.521. The Hall–Kier alpha value is -2.32. The number of rotatable bonds is 6. The highest BCUT2D eigenvalue weighted by Crippen LogP contribution is 2.41. The lowest BCUT2D eigenvalue weighted by atomic mass is 10.1. The maximum absolute atomic E-state index is 12.8. The van der Waals surface area contributed by atoms with E-state index in [1.165, 1.54) is 11.8 Å². The molecular formula is C19H21N5O2S. The van der Waals surface area contributed by atoms with E-state index in [1.807, 2.05) is 24.3 Å². The number of anilines is 1. The number of morpholine rings is 1. The van der Waals surface area contributed by atoms with Gasteiger partial charge in [-0.1, -0.05) is 30.0 Å². The van der Waals surface area contributed by atoms with Gasteiger partial charge in [0.2, 0.25) is 5.95 Å². The Labute approximate surface area is 161 Å². The zero-order valence-corrected chi connectivity index (χ0v) is 15.7. The molecule has 1 N–H and O–H groups in total. The largest absolute Gasteiger partial charge is 0.378 e. The van der Waals surface area contributed by atoms with Crippen molar-refractivity contribution in [3.63, 3.8) is 0 Å². The van der Waals surface area contributed by atoms with Crippen molar-refractivity contribution in [2.45, 2.75) is 24.0 Å². The molecule has 1 aromatic carbocycles. The van der Waals surface area contributed by atoms with E-state index < -0.39 is 0 Å². The zero-order valence-electron chi connectivity index (χ0n) is 14.9. The van der Waals surface area contributed by atoms with E-state index in [1.54, 1.807) is 6.20 Å². The van der Waals surface area contributed by atoms with Crippen molar-refractivity contribution in [2.24, 2.45) is 0 Å². The van der Waals surface area contributed by atoms with Crippen LogP contribution in [0, 0.1) is 0 Å². The van der Waals surface area contributed by atoms with Gasteiger partial charge in [0.15, 0.2) is 10.9 Å². The third kappa shape index (κ3) is 3.23. The Morgan fingerprint density at radius 1 is 1.22 bits per heavy atom. The van der Waals surface area contributed by atoms with Crippen molar-refractivity contribution in [1.29, 1.82) is 0 Å². The number of nitrogens with one attached hydrogen (secondary N) is 1. The van der Waals surface area contributed by atoms with Crippen LogP contribution >= 0.6 is 11.8 Å². The molecule has 5 rings (SSSR count). The first-order valence-corrected chi connectivity index (χ1v) is 10.3. The number of nitrogens with zero attached hydrogens (tertiary/aromatic N) is 4. The van der Waals surface area contributed by atoms with Crippen LogP contribution in [0.2, 0.25) is 0 Å². The fraction of sp³-hybridized carbons (Fsp3) is 0.421. The highest BCUT2D eigenvalue weighted by molar-refractivity contribution is 7.99. The molecule has 1 aliphatic heterocycles. The lowest BCUT2D eigenvalue weighted by Crippen LogP contribution is -2.38. The molecule has 2 fully saturated rings. The summed E-state index contributed by atoms with van der Waals surface area (Å²) in [4.78, 5) is 18.2. The van der Waals surface area contributed by atoms with Crippen LogP contribution in [0.3, 0.4) is 0 Å². The second-order valence-corrected chi connectivity index (χ2v) is 7.89. The summed E-state index contributed by atoms with van der Waals surface area (Å²) in [5, 5.41) is 10.7. The molecule has 1 saturated carbocycles. The van der Waals surface area contributed by atoms with E-state index in [4.69, 9.17) is 4.74 Å². The van der Waals surface area contributed by atoms with Crippen LogP contribution in [0.4, 0.5) is 5.95 Å². The molecule has 2 aromatic heterocycles. The number of thioether (sulfide) groups is 1. The molecule has 0 bridgehead atoms. The number of ether oxygens (including phenoxy) is 1. The van der Waals surface area contributed by atoms with E-state index in [9.17, 15) is 4.79 Å². The van der Waals surface area contributed by atoms with Gasteiger partial charge in [-0.2, -0.15) is 0 Å². The average molecular weight is 383 g/mol. The fourth-order valence-electron chi connectivity index (χ4n) is 3.51. The first-order chi connectivity index (χ1) is 13.3. The summed E-state index contributed by atoms with van der Waals surface area (Å²) in [5.74, 6) is 1.38. The standard InChI is InChI=1S/C19H21N5O2S/c25-17(15-11-20-16-4-2-1-3-14(15)16)12-27-19-22-21-18(24(19)13-5-6-13)23-7-9-26-10-8-23/h1-4,11,13,20H,5-10,12H2. The minimum absolute atomic E-state index is 0.107. The fourth-order valence-corrected chi connectivity index (χ4v) is 4.39. The summed E-state index contributed by atoms with van der Waals surface area (Å²) < 4.78 is 7.67. The van der Waals surface area contributed by atoms with Gasteiger partial charge in [0, 0.05) is 41.8 Å². The molecule has 0 unspecified atom stereocenters. The molecule has 140 valence electrons. The summed E-state index contributed by atoms with van der Waals surface area (Å²) in [6, 6.07) is 8.35. The topological polar surface area (TPSA) is 76.0 Å². The zero-order chi connectivity index (χ0) is 18.2. The smallest absolute Gasteiger partial charge is 0.228 e. The van der Waals surface area contributed by atoms with Crippen LogP contribution in [0.5, 0.6) is 0 Å². The van der Waals surface area contributed by atoms with Gasteiger partial charge in [-0.3, -0.25) is 9.36 Å². The number of benzene rings is 1. The first-order valence-electron chi connectivity index (χ1n) is 9.31. The Morgan fingerprint density at radius 2 is 2.04 bits per heavy atom. The van der Waals surface area contributed by atoms with Gasteiger partial charge in [0.25, 0.3) is 0 Å². The molecule has 3 aromatic rings. The van der Waals surface area contributed by atoms with E-state index in [0.717, 1.165) is 66.7 Å². The second-order valence-electron chi connectivity index (χ2n) is 6.94. The molecule has 7 nitrogen and oxygen atoms in total. The molecule has 3 heterocycles. The monoisotopic (exact) mass is 383 g/mol. The van der Waals surface area contributed by atoms with E-state index in [-0.39, 0.29) is 5.78 Å². The highest BCUT2D eigenvalue weighted by Gasteiger charge is 2.32. The number of ketones is 1. The third-order valence-electron chi connectivity index (χ3n) is 5.07. The molecular weight excluding hydrogens is 362 g/mol. The summed E-state index contributed by atoms with van der Waals surface area (Å²) in [7, 11) is 0. The minimum Gasteiger partial charge on any atom is -0.378 e. The van der Waals surface area contributed by atoms with Crippen LogP contribution in [0.25, 0.3) is 10.9 Å². The highest BCUT2D eigenvalue weighted by atomic mass is 32.2. The first kappa shape index (κ1) is 16.8. The number of fused-ring (bicyclic) bond motifs is 1. The number of carbonyl (C=O) groups excluding carboxylic acids is 1. The van der Waals surface area contributed by atoms with Crippen molar-refractivity contribution >= 4 is 34.4 Å². The number of carbonyl (C=O) groups is 1. The lowest BCUT2D eigenvalue weighted by Gasteiger charge is -2.27. The van der Waals surface area contributed by atoms with Gasteiger partial charge in [-0.15, -0.1) is 10.2 Å². The summed E-state index contributed by atoms with van der Waals surface area (Å²) in [6.45, 7) is 3.12. The van der Waals surface area contributed by atoms with Gasteiger partial charge in [0.1, 0.15) is 0 Å². The van der Waals surface area contributed by atoms with Crippen molar-refractivity contribution in [2.75, 3.05) is 37.0 Å². The molecule has 1 saturated heterocycles. The molecule has 1 aliphatic carbocycles. The van der Waals surface area contributed by atoms with Crippen LogP contribution in [0.1, 0.15) is 29.2 Å². The van der Waals surface area contributed by atoms with Gasteiger partial charge < -0.3 is 14.6 Å². The normalized spacial score (nSPS) is 17.6. The van der Waals surface area contributed by atoms with Crippen molar-refractivity contribution < 1.29 is 9.53 Å². The number of hydrogen-bond acceptors (Lipinski definition) is 6. The molecule has 0 amide bonds. The van der Waals surface area contributed by atoms with Crippen molar-refractivity contribution in [1.82, 2.24) is 19.7 Å². The number of para-hydroxylation sites is 1. The Morgan fingerprint density at radius 3 is 2.85 bits per heavy atom. The van der Waals surface area contributed by atoms with Crippen molar-refractivity contribution in [3.8, 4) is 0 Å². The van der Waals surface area contributed by atoms with E-state index >= 15 is 0 Å². The molecule has 0 spiro atoms. The Balaban J connectivity index is 1.35. The van der Waals surface area contributed by atoms with Crippen molar-refractivity contribution in [3.05, 3.63) is 36.0 Å². The van der Waals surface area contributed by atoms with Crippen LogP contribution in [-0.2, 0) is 4.74 Å². The number of hydrogen-bond donors (Lipinski definition) is 1. The van der Waals surface area contributed by atoms with Gasteiger partial charge >= 0.3 is 0 Å². The number of H-pyrrole nitrogens is 1. The summed E-state index contributed by atoms with van der Waals surface area (Å²) >= 11 is 1.48. The summed E-state index contributed by atoms with van der Waals surface area (Å²) in [5.41, 5.74) is 1.73. The Bertz CT molecular complexity index is 972. The predicted molar refractivity (Wildman–Crippen MR) is 105 cm³/mol. The number of aromatic nitrogens is 4. The molecule has 2 aliphatic rings. The van der Waals surface area contributed by atoms with Gasteiger partial charge in [-0.25, -0.2) is 0 Å². The number of aromatic amines is 1. The van der Waals surface area contributed by atoms with Crippen LogP contribution < -0.4 is 4.90 Å².